The molecule has 0 bridgehead atoms. The monoisotopic (exact) mass is 327 g/mol. The maximum absolute atomic E-state index is 6.02. The zero-order valence-corrected chi connectivity index (χ0v) is 11.9. The van der Waals surface area contributed by atoms with Crippen LogP contribution in [0.15, 0.2) is 28.7 Å². The molecule has 1 heterocycles. The van der Waals surface area contributed by atoms with Crippen LogP contribution in [0.5, 0.6) is 0 Å². The van der Waals surface area contributed by atoms with Gasteiger partial charge in [0.2, 0.25) is 0 Å². The van der Waals surface area contributed by atoms with Gasteiger partial charge in [0.05, 0.1) is 15.2 Å². The Bertz CT molecular complexity index is 575. The van der Waals surface area contributed by atoms with Gasteiger partial charge in [-0.2, -0.15) is 0 Å². The number of rotatable bonds is 3. The Hall–Kier alpha value is -1.37. The average molecular weight is 329 g/mol. The second-order valence-corrected chi connectivity index (χ2v) is 4.76. The number of nitrogens with two attached hydrogens (primary N) is 1. The Kier molecular flexibility index (Phi) is 4.00. The smallest absolute Gasteiger partial charge is 0.145 e. The van der Waals surface area contributed by atoms with Gasteiger partial charge in [-0.1, -0.05) is 17.7 Å². The summed E-state index contributed by atoms with van der Waals surface area (Å²) in [6, 6.07) is 7.25. The van der Waals surface area contributed by atoms with Gasteiger partial charge < -0.3 is 10.7 Å². The van der Waals surface area contributed by atoms with Crippen LogP contribution in [0.2, 0.25) is 5.02 Å². The number of benzene rings is 1. The number of nitrogens with one attached hydrogen (secondary N) is 2. The van der Waals surface area contributed by atoms with E-state index < -0.39 is 0 Å². The minimum atomic E-state index is 0.545. The van der Waals surface area contributed by atoms with Crippen LogP contribution >= 0.6 is 27.5 Å². The van der Waals surface area contributed by atoms with E-state index in [2.05, 4.69) is 36.6 Å². The van der Waals surface area contributed by atoms with Crippen molar-refractivity contribution in [1.82, 2.24) is 9.97 Å². The molecule has 0 saturated carbocycles. The molecule has 0 saturated heterocycles. The average Bonchev–Trinajstić information content (AvgIpc) is 2.34. The highest BCUT2D eigenvalue weighted by atomic mass is 79.9. The fourth-order valence-electron chi connectivity index (χ4n) is 1.44. The van der Waals surface area contributed by atoms with Gasteiger partial charge in [-0.05, 0) is 35.0 Å². The first-order chi connectivity index (χ1) is 8.60. The first-order valence-electron chi connectivity index (χ1n) is 5.13. The molecule has 2 rings (SSSR count). The summed E-state index contributed by atoms with van der Waals surface area (Å²) >= 11 is 9.43. The normalized spacial score (nSPS) is 10.2. The van der Waals surface area contributed by atoms with E-state index in [1.165, 1.54) is 0 Å². The zero-order valence-electron chi connectivity index (χ0n) is 9.54. The molecule has 0 atom stereocenters. The van der Waals surface area contributed by atoms with Gasteiger partial charge >= 0.3 is 0 Å². The molecule has 7 heteroatoms. The van der Waals surface area contributed by atoms with Crippen molar-refractivity contribution in [2.45, 2.75) is 6.92 Å². The van der Waals surface area contributed by atoms with Gasteiger partial charge in [-0.25, -0.2) is 15.8 Å². The summed E-state index contributed by atoms with van der Waals surface area (Å²) in [4.78, 5) is 8.38. The van der Waals surface area contributed by atoms with Crippen molar-refractivity contribution in [3.05, 3.63) is 39.6 Å². The number of aromatic nitrogens is 2. The van der Waals surface area contributed by atoms with Crippen LogP contribution in [0.1, 0.15) is 5.82 Å². The van der Waals surface area contributed by atoms with Crippen molar-refractivity contribution in [2.75, 3.05) is 10.7 Å². The van der Waals surface area contributed by atoms with Crippen LogP contribution in [-0.2, 0) is 0 Å². The standard InChI is InChI=1S/C11H11BrClN5/c1-6-15-9(5-10(16-6)18-14)17-8-4-2-3-7(13)11(8)12/h2-5H,14H2,1H3,(H2,15,16,17,18). The van der Waals surface area contributed by atoms with Crippen LogP contribution in [0, 0.1) is 6.92 Å². The molecule has 18 heavy (non-hydrogen) atoms. The molecule has 0 unspecified atom stereocenters. The summed E-state index contributed by atoms with van der Waals surface area (Å²) in [5.41, 5.74) is 3.31. The summed E-state index contributed by atoms with van der Waals surface area (Å²) in [5.74, 6) is 7.14. The van der Waals surface area contributed by atoms with Crippen molar-refractivity contribution in [1.29, 1.82) is 0 Å². The third kappa shape index (κ3) is 2.90. The van der Waals surface area contributed by atoms with Crippen LogP contribution in [0.3, 0.4) is 0 Å². The van der Waals surface area contributed by atoms with Crippen LogP contribution in [-0.4, -0.2) is 9.97 Å². The Labute approximate surface area is 118 Å². The molecule has 94 valence electrons. The third-order valence-corrected chi connectivity index (χ3v) is 3.60. The summed E-state index contributed by atoms with van der Waals surface area (Å²) in [6.07, 6.45) is 0. The molecule has 0 fully saturated rings. The van der Waals surface area contributed by atoms with Crippen molar-refractivity contribution in [3.63, 3.8) is 0 Å². The van der Waals surface area contributed by atoms with E-state index in [1.807, 2.05) is 12.1 Å². The lowest BCUT2D eigenvalue weighted by Gasteiger charge is -2.10. The fourth-order valence-corrected chi connectivity index (χ4v) is 1.98. The number of nitrogen functional groups attached to an aromatic ring is 1. The predicted octanol–water partition coefficient (Wildman–Crippen LogP) is 3.23. The lowest BCUT2D eigenvalue weighted by atomic mass is 10.3. The summed E-state index contributed by atoms with van der Waals surface area (Å²) < 4.78 is 0.783. The molecule has 1 aromatic carbocycles. The third-order valence-electron chi connectivity index (χ3n) is 2.20. The molecule has 1 aromatic heterocycles. The van der Waals surface area contributed by atoms with Gasteiger partial charge in [-0.15, -0.1) is 0 Å². The molecule has 0 amide bonds. The fraction of sp³-hybridized carbons (Fsp3) is 0.0909. The maximum Gasteiger partial charge on any atom is 0.145 e. The van der Waals surface area contributed by atoms with E-state index in [0.717, 1.165) is 10.2 Å². The molecule has 5 nitrogen and oxygen atoms in total. The molecule has 0 spiro atoms. The number of nitrogens with zero attached hydrogens (tertiary/aromatic N) is 2. The Morgan fingerprint density at radius 1 is 1.28 bits per heavy atom. The van der Waals surface area contributed by atoms with E-state index in [9.17, 15) is 0 Å². The second kappa shape index (κ2) is 5.51. The first kappa shape index (κ1) is 13.1. The number of aryl methyl sites for hydroxylation is 1. The van der Waals surface area contributed by atoms with Gasteiger partial charge in [0.25, 0.3) is 0 Å². The maximum atomic E-state index is 6.02. The van der Waals surface area contributed by atoms with E-state index in [1.54, 1.807) is 19.1 Å². The van der Waals surface area contributed by atoms with E-state index in [-0.39, 0.29) is 0 Å². The van der Waals surface area contributed by atoms with E-state index in [4.69, 9.17) is 17.4 Å². The van der Waals surface area contributed by atoms with E-state index >= 15 is 0 Å². The van der Waals surface area contributed by atoms with Crippen molar-refractivity contribution in [3.8, 4) is 0 Å². The van der Waals surface area contributed by atoms with Gasteiger partial charge in [0, 0.05) is 6.07 Å². The van der Waals surface area contributed by atoms with Crippen LogP contribution < -0.4 is 16.6 Å². The number of hydrazine groups is 1. The molecule has 0 aliphatic rings. The SMILES string of the molecule is Cc1nc(NN)cc(Nc2cccc(Cl)c2Br)n1. The largest absolute Gasteiger partial charge is 0.339 e. The Balaban J connectivity index is 2.34. The van der Waals surface area contributed by atoms with Gasteiger partial charge in [0.1, 0.15) is 17.5 Å². The highest BCUT2D eigenvalue weighted by molar-refractivity contribution is 9.10. The molecule has 0 radical (unpaired) electrons. The highest BCUT2D eigenvalue weighted by Gasteiger charge is 2.06. The molecule has 0 aliphatic carbocycles. The van der Waals surface area contributed by atoms with Crippen molar-refractivity contribution < 1.29 is 0 Å². The number of anilines is 3. The summed E-state index contributed by atoms with van der Waals surface area (Å²) in [6.45, 7) is 1.79. The Morgan fingerprint density at radius 3 is 2.72 bits per heavy atom. The molecule has 2 aromatic rings. The number of hydrogen-bond acceptors (Lipinski definition) is 5. The lowest BCUT2D eigenvalue weighted by Crippen LogP contribution is -2.10. The highest BCUT2D eigenvalue weighted by Crippen LogP contribution is 2.31. The Morgan fingerprint density at radius 2 is 2.00 bits per heavy atom. The zero-order chi connectivity index (χ0) is 13.1. The molecular formula is C11H11BrClN5. The first-order valence-corrected chi connectivity index (χ1v) is 6.30. The van der Waals surface area contributed by atoms with Gasteiger partial charge in [0.15, 0.2) is 0 Å². The van der Waals surface area contributed by atoms with Crippen molar-refractivity contribution in [2.24, 2.45) is 5.84 Å². The minimum absolute atomic E-state index is 0.545. The van der Waals surface area contributed by atoms with Crippen LogP contribution in [0.4, 0.5) is 17.3 Å². The summed E-state index contributed by atoms with van der Waals surface area (Å²) in [7, 11) is 0. The van der Waals surface area contributed by atoms with Crippen molar-refractivity contribution >= 4 is 44.9 Å². The van der Waals surface area contributed by atoms with Crippen LogP contribution in [0.25, 0.3) is 0 Å². The predicted molar refractivity (Wildman–Crippen MR) is 77.0 cm³/mol. The number of halogens is 2. The van der Waals surface area contributed by atoms with E-state index in [0.29, 0.717) is 22.5 Å². The van der Waals surface area contributed by atoms with Gasteiger partial charge in [-0.3, -0.25) is 0 Å². The molecule has 0 aliphatic heterocycles. The second-order valence-electron chi connectivity index (χ2n) is 3.56. The molecular weight excluding hydrogens is 318 g/mol. The lowest BCUT2D eigenvalue weighted by molar-refractivity contribution is 1.05. The number of hydrogen-bond donors (Lipinski definition) is 3. The topological polar surface area (TPSA) is 75.9 Å². The summed E-state index contributed by atoms with van der Waals surface area (Å²) in [5, 5.41) is 3.78. The quantitative estimate of drug-likeness (QED) is 0.596. The molecule has 4 N–H and O–H groups in total. The minimum Gasteiger partial charge on any atom is -0.339 e.